The van der Waals surface area contributed by atoms with E-state index in [2.05, 4.69) is 26.8 Å². The van der Waals surface area contributed by atoms with Gasteiger partial charge in [0.1, 0.15) is 6.79 Å². The van der Waals surface area contributed by atoms with Crippen LogP contribution in [0.2, 0.25) is 0 Å². The molecule has 5 aliphatic rings. The van der Waals surface area contributed by atoms with Gasteiger partial charge in [-0.05, 0) is 61.2 Å². The van der Waals surface area contributed by atoms with Crippen molar-refractivity contribution in [3.05, 3.63) is 11.6 Å². The van der Waals surface area contributed by atoms with Gasteiger partial charge in [-0.3, -0.25) is 0 Å². The third-order valence-corrected chi connectivity index (χ3v) is 10.4. The van der Waals surface area contributed by atoms with Crippen LogP contribution >= 0.6 is 0 Å². The van der Waals surface area contributed by atoms with Gasteiger partial charge in [-0.1, -0.05) is 32.4 Å². The van der Waals surface area contributed by atoms with Crippen LogP contribution in [-0.4, -0.2) is 61.9 Å². The molecule has 0 aromatic carbocycles. The van der Waals surface area contributed by atoms with Crippen LogP contribution < -0.4 is 0 Å². The maximum Gasteiger partial charge on any atom is 0.160 e. The number of methoxy groups -OCH3 is 1. The standard InChI is InChI=1S/C26H42O6/c1-15(24-30-9-10-31-24)18-5-6-19-23-20(7-8-25(18,19)2)26(3)16(12-21(23)27)11-17(13-22(26)28)32-14-29-4/h12,15,17-24,27-28H,5-11,13-14H2,1-4H3/t15?,17-,18-,19+,20+,21-,22+,23+,25-,26+/m1/s1. The second-order valence-corrected chi connectivity index (χ2v) is 11.6. The highest BCUT2D eigenvalue weighted by atomic mass is 16.7. The summed E-state index contributed by atoms with van der Waals surface area (Å²) in [5, 5.41) is 22.8. The molecule has 182 valence electrons. The zero-order valence-corrected chi connectivity index (χ0v) is 20.2. The highest BCUT2D eigenvalue weighted by Crippen LogP contribution is 2.67. The largest absolute Gasteiger partial charge is 0.392 e. The van der Waals surface area contributed by atoms with Gasteiger partial charge in [-0.2, -0.15) is 0 Å². The summed E-state index contributed by atoms with van der Waals surface area (Å²) < 4.78 is 22.7. The smallest absolute Gasteiger partial charge is 0.160 e. The zero-order valence-electron chi connectivity index (χ0n) is 20.2. The zero-order chi connectivity index (χ0) is 22.7. The van der Waals surface area contributed by atoms with Gasteiger partial charge in [0, 0.05) is 24.9 Å². The fraction of sp³-hybridized carbons (Fsp3) is 0.923. The minimum absolute atomic E-state index is 0.0509. The van der Waals surface area contributed by atoms with E-state index in [9.17, 15) is 10.2 Å². The first-order valence-corrected chi connectivity index (χ1v) is 12.7. The monoisotopic (exact) mass is 450 g/mol. The van der Waals surface area contributed by atoms with E-state index in [0.717, 1.165) is 25.7 Å². The Kier molecular flexibility index (Phi) is 6.26. The summed E-state index contributed by atoms with van der Waals surface area (Å²) in [6.45, 7) is 8.63. The van der Waals surface area contributed by atoms with Crippen LogP contribution in [0.1, 0.15) is 59.3 Å². The predicted octanol–water partition coefficient (Wildman–Crippen LogP) is 3.51. The second kappa shape index (κ2) is 8.62. The molecule has 0 amide bonds. The lowest BCUT2D eigenvalue weighted by molar-refractivity contribution is -0.159. The number of hydrogen-bond acceptors (Lipinski definition) is 6. The van der Waals surface area contributed by atoms with Gasteiger partial charge >= 0.3 is 0 Å². The Labute approximate surface area is 192 Å². The molecule has 2 N–H and O–H groups in total. The van der Waals surface area contributed by atoms with Crippen molar-refractivity contribution in [2.75, 3.05) is 27.1 Å². The molecule has 0 bridgehead atoms. The molecule has 10 atom stereocenters. The topological polar surface area (TPSA) is 77.4 Å². The number of ether oxygens (including phenoxy) is 4. The van der Waals surface area contributed by atoms with Crippen LogP contribution in [0.3, 0.4) is 0 Å². The molecule has 32 heavy (non-hydrogen) atoms. The summed E-state index contributed by atoms with van der Waals surface area (Å²) in [5.41, 5.74) is 1.09. The Morgan fingerprint density at radius 1 is 1.12 bits per heavy atom. The van der Waals surface area contributed by atoms with E-state index in [4.69, 9.17) is 18.9 Å². The molecule has 1 unspecified atom stereocenters. The van der Waals surface area contributed by atoms with E-state index in [1.807, 2.05) is 0 Å². The van der Waals surface area contributed by atoms with Crippen LogP contribution in [0.15, 0.2) is 11.6 Å². The van der Waals surface area contributed by atoms with Crippen LogP contribution in [0.4, 0.5) is 0 Å². The molecule has 1 aliphatic heterocycles. The molecule has 1 saturated heterocycles. The van der Waals surface area contributed by atoms with Crippen molar-refractivity contribution in [2.45, 2.75) is 83.9 Å². The van der Waals surface area contributed by atoms with Gasteiger partial charge in [-0.25, -0.2) is 0 Å². The average molecular weight is 451 g/mol. The Morgan fingerprint density at radius 3 is 2.59 bits per heavy atom. The molecular weight excluding hydrogens is 408 g/mol. The SMILES string of the molecule is COCO[C@@H]1CC2=C[C@@H](O)[C@H]3[C@@H]4CC[C@H](C(C)C5OCCO5)[C@@]4(C)CC[C@@H]3[C@@]2(C)[C@@H](O)C1. The summed E-state index contributed by atoms with van der Waals surface area (Å²) in [6.07, 6.45) is 6.96. The van der Waals surface area contributed by atoms with Crippen molar-refractivity contribution in [1.82, 2.24) is 0 Å². The Bertz CT molecular complexity index is 719. The van der Waals surface area contributed by atoms with Crippen LogP contribution in [-0.2, 0) is 18.9 Å². The second-order valence-electron chi connectivity index (χ2n) is 11.6. The van der Waals surface area contributed by atoms with Gasteiger partial charge in [-0.15, -0.1) is 0 Å². The lowest BCUT2D eigenvalue weighted by Gasteiger charge is -2.60. The molecule has 0 aromatic heterocycles. The van der Waals surface area contributed by atoms with E-state index >= 15 is 0 Å². The fourth-order valence-electron chi connectivity index (χ4n) is 8.74. The minimum Gasteiger partial charge on any atom is -0.392 e. The Hall–Kier alpha value is -0.500. The fourth-order valence-corrected chi connectivity index (χ4v) is 8.74. The lowest BCUT2D eigenvalue weighted by atomic mass is 9.45. The molecular formula is C26H42O6. The van der Waals surface area contributed by atoms with Crippen molar-refractivity contribution < 1.29 is 29.2 Å². The highest BCUT2D eigenvalue weighted by molar-refractivity contribution is 5.30. The van der Waals surface area contributed by atoms with Gasteiger partial charge in [0.2, 0.25) is 0 Å². The average Bonchev–Trinajstić information content (AvgIpc) is 3.41. The van der Waals surface area contributed by atoms with Gasteiger partial charge in [0.15, 0.2) is 6.29 Å². The van der Waals surface area contributed by atoms with Crippen LogP contribution in [0, 0.1) is 40.4 Å². The molecule has 6 nitrogen and oxygen atoms in total. The summed E-state index contributed by atoms with van der Waals surface area (Å²) in [6, 6.07) is 0. The Balaban J connectivity index is 1.40. The predicted molar refractivity (Wildman–Crippen MR) is 120 cm³/mol. The molecule has 6 heteroatoms. The van der Waals surface area contributed by atoms with Gasteiger partial charge in [0.05, 0.1) is 31.5 Å². The van der Waals surface area contributed by atoms with E-state index < -0.39 is 12.2 Å². The first-order valence-electron chi connectivity index (χ1n) is 12.7. The van der Waals surface area contributed by atoms with Crippen molar-refractivity contribution in [2.24, 2.45) is 40.4 Å². The number of fused-ring (bicyclic) bond motifs is 5. The normalized spacial score (nSPS) is 49.8. The van der Waals surface area contributed by atoms with Gasteiger partial charge < -0.3 is 29.2 Å². The van der Waals surface area contributed by atoms with E-state index in [0.29, 0.717) is 43.3 Å². The number of aliphatic hydroxyl groups is 2. The molecule has 0 radical (unpaired) electrons. The first-order chi connectivity index (χ1) is 15.3. The third kappa shape index (κ3) is 3.44. The lowest BCUT2D eigenvalue weighted by Crippen LogP contribution is -2.59. The maximum atomic E-state index is 11.4. The summed E-state index contributed by atoms with van der Waals surface area (Å²) in [4.78, 5) is 0. The summed E-state index contributed by atoms with van der Waals surface area (Å²) in [7, 11) is 1.62. The highest BCUT2D eigenvalue weighted by Gasteiger charge is 2.63. The molecule has 0 aromatic rings. The number of hydrogen-bond donors (Lipinski definition) is 2. The van der Waals surface area contributed by atoms with Gasteiger partial charge in [0.25, 0.3) is 0 Å². The number of rotatable bonds is 5. The van der Waals surface area contributed by atoms with Crippen molar-refractivity contribution in [3.63, 3.8) is 0 Å². The van der Waals surface area contributed by atoms with Crippen molar-refractivity contribution in [1.29, 1.82) is 0 Å². The third-order valence-electron chi connectivity index (χ3n) is 10.4. The Morgan fingerprint density at radius 2 is 1.88 bits per heavy atom. The molecule has 1 heterocycles. The number of aliphatic hydroxyl groups excluding tert-OH is 2. The quantitative estimate of drug-likeness (QED) is 0.493. The molecule has 4 fully saturated rings. The molecule has 3 saturated carbocycles. The van der Waals surface area contributed by atoms with E-state index in [-0.39, 0.29) is 35.9 Å². The van der Waals surface area contributed by atoms with Crippen LogP contribution in [0.5, 0.6) is 0 Å². The van der Waals surface area contributed by atoms with E-state index in [1.54, 1.807) is 7.11 Å². The van der Waals surface area contributed by atoms with Crippen LogP contribution in [0.25, 0.3) is 0 Å². The van der Waals surface area contributed by atoms with E-state index in [1.165, 1.54) is 12.0 Å². The van der Waals surface area contributed by atoms with Crippen molar-refractivity contribution in [3.8, 4) is 0 Å². The van der Waals surface area contributed by atoms with Crippen molar-refractivity contribution >= 4 is 0 Å². The first kappa shape index (κ1) is 23.3. The molecule has 4 aliphatic carbocycles. The summed E-state index contributed by atoms with van der Waals surface area (Å²) in [5.74, 6) is 1.89. The minimum atomic E-state index is -0.454. The molecule has 5 rings (SSSR count). The summed E-state index contributed by atoms with van der Waals surface area (Å²) >= 11 is 0. The molecule has 0 spiro atoms. The maximum absolute atomic E-state index is 11.4.